The van der Waals surface area contributed by atoms with Crippen LogP contribution in [0.2, 0.25) is 0 Å². The zero-order valence-electron chi connectivity index (χ0n) is 32.6. The Labute approximate surface area is 311 Å². The van der Waals surface area contributed by atoms with Gasteiger partial charge in [0, 0.05) is 6.42 Å². The molecule has 0 radical (unpaired) electrons. The van der Waals surface area contributed by atoms with E-state index in [-0.39, 0.29) is 12.5 Å². The van der Waals surface area contributed by atoms with Gasteiger partial charge in [0.15, 0.2) is 6.29 Å². The van der Waals surface area contributed by atoms with Crippen LogP contribution in [-0.2, 0) is 14.3 Å². The number of aliphatic hydroxyl groups excluding tert-OH is 5. The Balaban J connectivity index is 2.42. The van der Waals surface area contributed by atoms with Crippen molar-refractivity contribution >= 4 is 5.91 Å². The minimum atomic E-state index is -1.56. The molecule has 5 unspecified atom stereocenters. The number of hydrogen-bond acceptors (Lipinski definition) is 8. The minimum absolute atomic E-state index is 0.187. The summed E-state index contributed by atoms with van der Waals surface area (Å²) >= 11 is 0. The highest BCUT2D eigenvalue weighted by Gasteiger charge is 2.44. The number of aliphatic hydroxyl groups is 5. The Morgan fingerprint density at radius 1 is 0.647 bits per heavy atom. The number of unbranched alkanes of at least 4 members (excludes halogenated alkanes) is 22. The third kappa shape index (κ3) is 24.6. The van der Waals surface area contributed by atoms with Crippen molar-refractivity contribution in [2.45, 2.75) is 224 Å². The Bertz CT molecular complexity index is 853. The van der Waals surface area contributed by atoms with Gasteiger partial charge in [-0.25, -0.2) is 0 Å². The maximum atomic E-state index is 12.9. The fourth-order valence-electron chi connectivity index (χ4n) is 6.56. The standard InChI is InChI=1S/C42H79NO8/c1-3-5-7-9-11-13-15-17-18-20-22-24-26-28-30-32-38(46)43-35(34-50-42-41(49)40(48)39(47)37(33-44)51-42)36(45)31-29-27-25-23-21-19-16-14-12-10-8-6-4-2/h17-18,29,31,35-37,39-42,44-45,47-49H,3-16,19-28,30,32-34H2,1-2H3,(H,43,46)/b18-17-,31-29+/t35-,36+,37?,39?,40?,41?,42?/m0/s1. The second kappa shape index (κ2) is 33.3. The average molecular weight is 726 g/mol. The summed E-state index contributed by atoms with van der Waals surface area (Å²) in [5.74, 6) is -0.187. The summed E-state index contributed by atoms with van der Waals surface area (Å²) in [5, 5.41) is 54.0. The summed E-state index contributed by atoms with van der Waals surface area (Å²) in [6.45, 7) is 3.74. The molecule has 1 fully saturated rings. The lowest BCUT2D eigenvalue weighted by atomic mass is 9.99. The Morgan fingerprint density at radius 2 is 1.10 bits per heavy atom. The van der Waals surface area contributed by atoms with E-state index in [1.807, 2.05) is 6.08 Å². The normalized spacial score (nSPS) is 22.2. The van der Waals surface area contributed by atoms with Gasteiger partial charge < -0.3 is 40.3 Å². The highest BCUT2D eigenvalue weighted by molar-refractivity contribution is 5.76. The van der Waals surface area contributed by atoms with Gasteiger partial charge in [-0.15, -0.1) is 0 Å². The van der Waals surface area contributed by atoms with E-state index in [4.69, 9.17) is 9.47 Å². The second-order valence-corrected chi connectivity index (χ2v) is 14.8. The molecule has 0 bridgehead atoms. The van der Waals surface area contributed by atoms with Gasteiger partial charge in [-0.2, -0.15) is 0 Å². The molecule has 1 saturated heterocycles. The summed E-state index contributed by atoms with van der Waals surface area (Å²) in [7, 11) is 0. The number of carbonyl (C=O) groups excluding carboxylic acids is 1. The average Bonchev–Trinajstić information content (AvgIpc) is 3.13. The quantitative estimate of drug-likeness (QED) is 0.0289. The van der Waals surface area contributed by atoms with Gasteiger partial charge in [-0.05, 0) is 44.9 Å². The smallest absolute Gasteiger partial charge is 0.220 e. The van der Waals surface area contributed by atoms with E-state index >= 15 is 0 Å². The predicted molar refractivity (Wildman–Crippen MR) is 207 cm³/mol. The molecule has 1 aliphatic rings. The van der Waals surface area contributed by atoms with Crippen molar-refractivity contribution in [1.82, 2.24) is 5.32 Å². The number of carbonyl (C=O) groups is 1. The van der Waals surface area contributed by atoms with Crippen LogP contribution in [0.3, 0.4) is 0 Å². The third-order valence-electron chi connectivity index (χ3n) is 10.0. The summed E-state index contributed by atoms with van der Waals surface area (Å²) in [5.41, 5.74) is 0. The van der Waals surface area contributed by atoms with Crippen molar-refractivity contribution in [3.8, 4) is 0 Å². The Kier molecular flexibility index (Phi) is 31.1. The van der Waals surface area contributed by atoms with Crippen molar-refractivity contribution in [1.29, 1.82) is 0 Å². The molecule has 0 spiro atoms. The van der Waals surface area contributed by atoms with Gasteiger partial charge in [0.1, 0.15) is 24.4 Å². The fraction of sp³-hybridized carbons (Fsp3) is 0.881. The molecule has 1 heterocycles. The summed E-state index contributed by atoms with van der Waals surface area (Å²) in [6, 6.07) is -0.804. The first-order valence-electron chi connectivity index (χ1n) is 21.1. The Hall–Kier alpha value is -1.33. The van der Waals surface area contributed by atoms with E-state index in [1.54, 1.807) is 6.08 Å². The molecule has 51 heavy (non-hydrogen) atoms. The van der Waals surface area contributed by atoms with Crippen LogP contribution in [0.15, 0.2) is 24.3 Å². The number of amides is 1. The molecule has 9 heteroatoms. The lowest BCUT2D eigenvalue weighted by molar-refractivity contribution is -0.302. The molecular weight excluding hydrogens is 646 g/mol. The number of rotatable bonds is 34. The molecule has 0 aromatic carbocycles. The largest absolute Gasteiger partial charge is 0.394 e. The summed E-state index contributed by atoms with van der Waals surface area (Å²) in [6.07, 6.45) is 30.7. The van der Waals surface area contributed by atoms with Crippen molar-refractivity contribution in [2.75, 3.05) is 13.2 Å². The van der Waals surface area contributed by atoms with Crippen LogP contribution < -0.4 is 5.32 Å². The van der Waals surface area contributed by atoms with E-state index in [0.717, 1.165) is 57.8 Å². The van der Waals surface area contributed by atoms with Crippen LogP contribution in [0.5, 0.6) is 0 Å². The molecule has 0 aromatic rings. The molecule has 7 atom stereocenters. The van der Waals surface area contributed by atoms with Crippen LogP contribution in [0.4, 0.5) is 0 Å². The highest BCUT2D eigenvalue weighted by atomic mass is 16.7. The zero-order chi connectivity index (χ0) is 37.4. The van der Waals surface area contributed by atoms with Crippen LogP contribution in [0, 0.1) is 0 Å². The topological polar surface area (TPSA) is 149 Å². The lowest BCUT2D eigenvalue weighted by Gasteiger charge is -2.40. The fourth-order valence-corrected chi connectivity index (χ4v) is 6.56. The molecule has 1 amide bonds. The van der Waals surface area contributed by atoms with E-state index in [2.05, 4.69) is 31.3 Å². The first-order chi connectivity index (χ1) is 24.8. The van der Waals surface area contributed by atoms with Crippen LogP contribution in [-0.4, -0.2) is 87.5 Å². The van der Waals surface area contributed by atoms with Gasteiger partial charge in [0.2, 0.25) is 5.91 Å². The molecular formula is C42H79NO8. The van der Waals surface area contributed by atoms with E-state index in [0.29, 0.717) is 6.42 Å². The second-order valence-electron chi connectivity index (χ2n) is 14.8. The number of nitrogens with one attached hydrogen (secondary N) is 1. The first-order valence-corrected chi connectivity index (χ1v) is 21.1. The van der Waals surface area contributed by atoms with Crippen molar-refractivity contribution in [2.24, 2.45) is 0 Å². The molecule has 1 aliphatic heterocycles. The Morgan fingerprint density at radius 3 is 1.59 bits per heavy atom. The maximum Gasteiger partial charge on any atom is 0.220 e. The number of allylic oxidation sites excluding steroid dienone is 3. The van der Waals surface area contributed by atoms with Crippen molar-refractivity contribution in [3.63, 3.8) is 0 Å². The maximum absolute atomic E-state index is 12.9. The predicted octanol–water partition coefficient (Wildman–Crippen LogP) is 7.94. The highest BCUT2D eigenvalue weighted by Crippen LogP contribution is 2.22. The zero-order valence-corrected chi connectivity index (χ0v) is 32.6. The SMILES string of the molecule is CCCCCCCC/C=C\CCCCCCCC(=O)N[C@@H](COC1OC(CO)C(O)C(O)C1O)[C@H](O)/C=C/CCCCCCCCCCCCC. The minimum Gasteiger partial charge on any atom is -0.394 e. The third-order valence-corrected chi connectivity index (χ3v) is 10.0. The number of hydrogen-bond donors (Lipinski definition) is 6. The van der Waals surface area contributed by atoms with Crippen LogP contribution >= 0.6 is 0 Å². The number of ether oxygens (including phenoxy) is 2. The van der Waals surface area contributed by atoms with Gasteiger partial charge in [-0.3, -0.25) is 4.79 Å². The van der Waals surface area contributed by atoms with E-state index < -0.39 is 49.5 Å². The molecule has 0 aliphatic carbocycles. The molecule has 300 valence electrons. The molecule has 0 aromatic heterocycles. The molecule has 9 nitrogen and oxygen atoms in total. The first kappa shape index (κ1) is 47.7. The summed E-state index contributed by atoms with van der Waals surface area (Å²) < 4.78 is 11.2. The summed E-state index contributed by atoms with van der Waals surface area (Å²) in [4.78, 5) is 12.9. The molecule has 0 saturated carbocycles. The molecule has 6 N–H and O–H groups in total. The van der Waals surface area contributed by atoms with E-state index in [9.17, 15) is 30.3 Å². The van der Waals surface area contributed by atoms with E-state index in [1.165, 1.54) is 103 Å². The van der Waals surface area contributed by atoms with Crippen molar-refractivity contribution < 1.29 is 39.8 Å². The van der Waals surface area contributed by atoms with Gasteiger partial charge in [0.25, 0.3) is 0 Å². The van der Waals surface area contributed by atoms with Crippen molar-refractivity contribution in [3.05, 3.63) is 24.3 Å². The van der Waals surface area contributed by atoms with Crippen LogP contribution in [0.1, 0.15) is 181 Å². The van der Waals surface area contributed by atoms with Gasteiger partial charge >= 0.3 is 0 Å². The lowest BCUT2D eigenvalue weighted by Crippen LogP contribution is -2.60. The molecule has 1 rings (SSSR count). The van der Waals surface area contributed by atoms with Gasteiger partial charge in [-0.1, -0.05) is 154 Å². The van der Waals surface area contributed by atoms with Gasteiger partial charge in [0.05, 0.1) is 25.4 Å². The van der Waals surface area contributed by atoms with Crippen LogP contribution in [0.25, 0.3) is 0 Å². The monoisotopic (exact) mass is 726 g/mol.